The van der Waals surface area contributed by atoms with Crippen LogP contribution in [-0.2, 0) is 9.53 Å². The van der Waals surface area contributed by atoms with Gasteiger partial charge >= 0.3 is 6.18 Å². The molecule has 110 valence electrons. The Balaban J connectivity index is 2.39. The minimum Gasteiger partial charge on any atom is -0.389 e. The van der Waals surface area contributed by atoms with E-state index in [9.17, 15) is 18.0 Å². The minimum atomic E-state index is -4.29. The lowest BCUT2D eigenvalue weighted by atomic mass is 10.2. The number of ether oxygens (including phenoxy) is 1. The fourth-order valence-electron chi connectivity index (χ4n) is 1.30. The fraction of sp³-hybridized carbons (Fsp3) is 0.333. The Kier molecular flexibility index (Phi) is 5.90. The third-order valence-electron chi connectivity index (χ3n) is 2.19. The Morgan fingerprint density at radius 2 is 2.10 bits per heavy atom. The molecule has 0 aliphatic carbocycles. The molecule has 0 aromatic heterocycles. The highest BCUT2D eigenvalue weighted by molar-refractivity contribution is 7.80. The van der Waals surface area contributed by atoms with Crippen LogP contribution in [-0.4, -0.2) is 30.3 Å². The number of anilines is 1. The van der Waals surface area contributed by atoms with E-state index in [1.165, 1.54) is 0 Å². The fourth-order valence-corrected chi connectivity index (χ4v) is 1.43. The maximum absolute atomic E-state index is 11.8. The number of carbonyl (C=O) groups is 1. The van der Waals surface area contributed by atoms with Crippen molar-refractivity contribution in [2.75, 3.05) is 18.5 Å². The highest BCUT2D eigenvalue weighted by Gasteiger charge is 2.26. The summed E-state index contributed by atoms with van der Waals surface area (Å²) >= 11 is 4.79. The van der Waals surface area contributed by atoms with Gasteiger partial charge in [-0.15, -0.1) is 0 Å². The Hall–Kier alpha value is -1.67. The zero-order chi connectivity index (χ0) is 15.2. The van der Waals surface area contributed by atoms with Crippen molar-refractivity contribution in [1.29, 1.82) is 0 Å². The van der Waals surface area contributed by atoms with Gasteiger partial charge in [0.15, 0.2) is 0 Å². The smallest absolute Gasteiger partial charge is 0.389 e. The highest BCUT2D eigenvalue weighted by Crippen LogP contribution is 2.18. The summed E-state index contributed by atoms with van der Waals surface area (Å²) in [5, 5.41) is 2.47. The lowest BCUT2D eigenvalue weighted by Crippen LogP contribution is -2.20. The molecule has 0 saturated carbocycles. The van der Waals surface area contributed by atoms with Gasteiger partial charge in [0.25, 0.3) is 0 Å². The molecule has 0 aliphatic heterocycles. The molecule has 0 heterocycles. The third kappa shape index (κ3) is 6.48. The van der Waals surface area contributed by atoms with E-state index >= 15 is 0 Å². The van der Waals surface area contributed by atoms with E-state index in [0.717, 1.165) is 0 Å². The van der Waals surface area contributed by atoms with Crippen molar-refractivity contribution in [1.82, 2.24) is 0 Å². The number of nitrogens with two attached hydrogens (primary N) is 1. The number of carbonyl (C=O) groups excluding carboxylic acids is 1. The van der Waals surface area contributed by atoms with E-state index in [4.69, 9.17) is 18.0 Å². The second-order valence-electron chi connectivity index (χ2n) is 3.91. The van der Waals surface area contributed by atoms with Crippen molar-refractivity contribution < 1.29 is 22.7 Å². The first kappa shape index (κ1) is 16.4. The van der Waals surface area contributed by atoms with Gasteiger partial charge < -0.3 is 15.8 Å². The number of hydrogen-bond acceptors (Lipinski definition) is 3. The van der Waals surface area contributed by atoms with Crippen molar-refractivity contribution in [2.24, 2.45) is 5.73 Å². The molecule has 0 atom stereocenters. The zero-order valence-corrected chi connectivity index (χ0v) is 11.2. The lowest BCUT2D eigenvalue weighted by molar-refractivity contribution is -0.147. The first-order valence-corrected chi connectivity index (χ1v) is 6.03. The van der Waals surface area contributed by atoms with Gasteiger partial charge in [-0.2, -0.15) is 13.2 Å². The van der Waals surface area contributed by atoms with Crippen LogP contribution >= 0.6 is 12.2 Å². The number of halogens is 3. The largest absolute Gasteiger partial charge is 0.391 e. The summed E-state index contributed by atoms with van der Waals surface area (Å²) in [6, 6.07) is 6.50. The summed E-state index contributed by atoms with van der Waals surface area (Å²) in [6.45, 7) is -1.00. The molecule has 0 fully saturated rings. The highest BCUT2D eigenvalue weighted by atomic mass is 32.1. The zero-order valence-electron chi connectivity index (χ0n) is 10.4. The maximum atomic E-state index is 11.8. The normalized spacial score (nSPS) is 11.2. The van der Waals surface area contributed by atoms with Crippen LogP contribution in [0.5, 0.6) is 0 Å². The first-order valence-electron chi connectivity index (χ1n) is 5.62. The minimum absolute atomic E-state index is 0.183. The molecule has 0 saturated heterocycles. The van der Waals surface area contributed by atoms with Crippen LogP contribution in [0.4, 0.5) is 18.9 Å². The number of alkyl halides is 3. The summed E-state index contributed by atoms with van der Waals surface area (Å²) in [4.78, 5) is 11.6. The number of hydrogen-bond donors (Lipinski definition) is 2. The molecule has 1 rings (SSSR count). The molecule has 3 N–H and O–H groups in total. The average Bonchev–Trinajstić information content (AvgIpc) is 2.34. The van der Waals surface area contributed by atoms with Crippen LogP contribution in [0.3, 0.4) is 0 Å². The monoisotopic (exact) mass is 306 g/mol. The van der Waals surface area contributed by atoms with E-state index < -0.39 is 31.7 Å². The van der Waals surface area contributed by atoms with Crippen LogP contribution in [0, 0.1) is 0 Å². The van der Waals surface area contributed by atoms with E-state index in [-0.39, 0.29) is 4.99 Å². The Bertz CT molecular complexity index is 492. The van der Waals surface area contributed by atoms with Crippen LogP contribution in [0.15, 0.2) is 24.3 Å². The summed E-state index contributed by atoms with van der Waals surface area (Å²) < 4.78 is 40.2. The molecule has 0 spiro atoms. The SMILES string of the molecule is NC(=S)c1cccc(NC(=O)COCCC(F)(F)F)c1. The topological polar surface area (TPSA) is 64.3 Å². The second-order valence-corrected chi connectivity index (χ2v) is 4.35. The van der Waals surface area contributed by atoms with E-state index in [1.54, 1.807) is 24.3 Å². The predicted octanol–water partition coefficient (Wildman–Crippen LogP) is 2.23. The average molecular weight is 306 g/mol. The molecule has 1 amide bonds. The summed E-state index contributed by atoms with van der Waals surface area (Å²) in [5.41, 5.74) is 6.46. The van der Waals surface area contributed by atoms with Crippen LogP contribution in [0.2, 0.25) is 0 Å². The molecule has 1 aromatic carbocycles. The van der Waals surface area contributed by atoms with Crippen molar-refractivity contribution in [3.8, 4) is 0 Å². The summed E-state index contributed by atoms with van der Waals surface area (Å²) in [6.07, 6.45) is -5.38. The number of thiocarbonyl (C=S) groups is 1. The van der Waals surface area contributed by atoms with E-state index in [1.807, 2.05) is 0 Å². The molecule has 8 heteroatoms. The maximum Gasteiger partial charge on any atom is 0.391 e. The number of amides is 1. The Labute approximate surface area is 119 Å². The van der Waals surface area contributed by atoms with E-state index in [2.05, 4.69) is 10.1 Å². The molecular weight excluding hydrogens is 293 g/mol. The number of benzene rings is 1. The van der Waals surface area contributed by atoms with Crippen molar-refractivity contribution in [2.45, 2.75) is 12.6 Å². The van der Waals surface area contributed by atoms with Crippen molar-refractivity contribution in [3.63, 3.8) is 0 Å². The summed E-state index contributed by atoms with van der Waals surface area (Å²) in [5.74, 6) is -0.549. The van der Waals surface area contributed by atoms with Crippen molar-refractivity contribution >= 4 is 28.8 Å². The van der Waals surface area contributed by atoms with Gasteiger partial charge in [-0.1, -0.05) is 24.4 Å². The van der Waals surface area contributed by atoms with Crippen LogP contribution in [0.1, 0.15) is 12.0 Å². The molecule has 20 heavy (non-hydrogen) atoms. The molecular formula is C12H13F3N2O2S. The van der Waals surface area contributed by atoms with Gasteiger partial charge in [0.1, 0.15) is 11.6 Å². The van der Waals surface area contributed by atoms with Gasteiger partial charge in [0.05, 0.1) is 13.0 Å². The molecule has 0 radical (unpaired) electrons. The van der Waals surface area contributed by atoms with Gasteiger partial charge in [0, 0.05) is 11.3 Å². The first-order chi connectivity index (χ1) is 9.28. The molecule has 0 unspecified atom stereocenters. The van der Waals surface area contributed by atoms with Gasteiger partial charge in [-0.05, 0) is 12.1 Å². The number of rotatable bonds is 6. The lowest BCUT2D eigenvalue weighted by Gasteiger charge is -2.08. The summed E-state index contributed by atoms with van der Waals surface area (Å²) in [7, 11) is 0. The molecule has 0 bridgehead atoms. The van der Waals surface area contributed by atoms with Gasteiger partial charge in [0.2, 0.25) is 5.91 Å². The van der Waals surface area contributed by atoms with Gasteiger partial charge in [-0.25, -0.2) is 0 Å². The molecule has 0 aliphatic rings. The van der Waals surface area contributed by atoms with E-state index in [0.29, 0.717) is 11.3 Å². The Morgan fingerprint density at radius 1 is 1.40 bits per heavy atom. The standard InChI is InChI=1S/C12H13F3N2O2S/c13-12(14,15)4-5-19-7-10(18)17-9-3-1-2-8(6-9)11(16)20/h1-3,6H,4-5,7H2,(H2,16,20)(H,17,18). The van der Waals surface area contributed by atoms with Gasteiger partial charge in [-0.3, -0.25) is 4.79 Å². The quantitative estimate of drug-likeness (QED) is 0.625. The third-order valence-corrected chi connectivity index (χ3v) is 2.43. The molecule has 1 aromatic rings. The molecule has 4 nitrogen and oxygen atoms in total. The van der Waals surface area contributed by atoms with Crippen LogP contribution in [0.25, 0.3) is 0 Å². The Morgan fingerprint density at radius 3 is 2.70 bits per heavy atom. The number of nitrogens with one attached hydrogen (secondary N) is 1. The van der Waals surface area contributed by atoms with Crippen LogP contribution < -0.4 is 11.1 Å². The predicted molar refractivity (Wildman–Crippen MR) is 72.5 cm³/mol. The second kappa shape index (κ2) is 7.20. The van der Waals surface area contributed by atoms with Crippen molar-refractivity contribution in [3.05, 3.63) is 29.8 Å².